The van der Waals surface area contributed by atoms with Crippen molar-refractivity contribution in [1.82, 2.24) is 4.98 Å². The molecule has 0 amide bonds. The van der Waals surface area contributed by atoms with Gasteiger partial charge >= 0.3 is 0 Å². The number of pyridine rings is 1. The Labute approximate surface area is 96.9 Å². The van der Waals surface area contributed by atoms with E-state index < -0.39 is 10.7 Å². The van der Waals surface area contributed by atoms with E-state index in [4.69, 9.17) is 0 Å². The Bertz CT molecular complexity index is 584. The van der Waals surface area contributed by atoms with Crippen LogP contribution in [0.3, 0.4) is 0 Å². The number of aryl methyl sites for hydroxylation is 1. The smallest absolute Gasteiger partial charge is 0.258 e. The topological polar surface area (TPSA) is 56.0 Å². The van der Waals surface area contributed by atoms with Crippen LogP contribution in [0.15, 0.2) is 36.5 Å². The van der Waals surface area contributed by atoms with Gasteiger partial charge in [-0.25, -0.2) is 9.37 Å². The zero-order chi connectivity index (χ0) is 12.4. The highest BCUT2D eigenvalue weighted by Gasteiger charge is 2.17. The summed E-state index contributed by atoms with van der Waals surface area (Å²) in [4.78, 5) is 14.4. The van der Waals surface area contributed by atoms with Crippen molar-refractivity contribution in [2.75, 3.05) is 0 Å². The Morgan fingerprint density at radius 2 is 2.12 bits per heavy atom. The third-order valence-corrected chi connectivity index (χ3v) is 2.30. The van der Waals surface area contributed by atoms with Crippen LogP contribution in [0.1, 0.15) is 5.56 Å². The van der Waals surface area contributed by atoms with E-state index in [-0.39, 0.29) is 11.4 Å². The molecule has 0 fully saturated rings. The van der Waals surface area contributed by atoms with Crippen LogP contribution in [0.5, 0.6) is 0 Å². The Kier molecular flexibility index (Phi) is 2.82. The number of rotatable bonds is 2. The predicted molar refractivity (Wildman–Crippen MR) is 61.0 cm³/mol. The van der Waals surface area contributed by atoms with Gasteiger partial charge in [0.2, 0.25) is 0 Å². The summed E-state index contributed by atoms with van der Waals surface area (Å²) in [5.74, 6) is -0.445. The van der Waals surface area contributed by atoms with Crippen molar-refractivity contribution in [2.24, 2.45) is 0 Å². The first-order valence-corrected chi connectivity index (χ1v) is 4.95. The van der Waals surface area contributed by atoms with Gasteiger partial charge in [-0.15, -0.1) is 0 Å². The molecular formula is C12H9FN2O2. The molecular weight excluding hydrogens is 223 g/mol. The molecule has 0 atom stereocenters. The van der Waals surface area contributed by atoms with E-state index in [1.807, 2.05) is 0 Å². The molecule has 86 valence electrons. The Morgan fingerprint density at radius 1 is 1.35 bits per heavy atom. The maximum Gasteiger partial charge on any atom is 0.295 e. The van der Waals surface area contributed by atoms with Crippen LogP contribution in [0.4, 0.5) is 10.1 Å². The minimum atomic E-state index is -0.514. The average Bonchev–Trinajstić information content (AvgIpc) is 2.28. The van der Waals surface area contributed by atoms with Crippen molar-refractivity contribution in [3.63, 3.8) is 0 Å². The lowest BCUT2D eigenvalue weighted by molar-refractivity contribution is -0.384. The summed E-state index contributed by atoms with van der Waals surface area (Å²) in [6.45, 7) is 1.72. The third-order valence-electron chi connectivity index (χ3n) is 2.30. The minimum Gasteiger partial charge on any atom is -0.258 e. The van der Waals surface area contributed by atoms with E-state index in [0.717, 1.165) is 0 Å². The van der Waals surface area contributed by atoms with Gasteiger partial charge in [-0.05, 0) is 24.6 Å². The third kappa shape index (κ3) is 2.28. The molecule has 17 heavy (non-hydrogen) atoms. The van der Waals surface area contributed by atoms with Crippen molar-refractivity contribution < 1.29 is 9.31 Å². The van der Waals surface area contributed by atoms with Gasteiger partial charge in [0, 0.05) is 17.8 Å². The molecule has 1 aromatic carbocycles. The molecule has 0 aliphatic rings. The Hall–Kier alpha value is -2.30. The highest BCUT2D eigenvalue weighted by molar-refractivity contribution is 5.69. The number of hydrogen-bond acceptors (Lipinski definition) is 3. The molecule has 0 bridgehead atoms. The van der Waals surface area contributed by atoms with E-state index in [9.17, 15) is 14.5 Å². The van der Waals surface area contributed by atoms with E-state index in [1.165, 1.54) is 30.5 Å². The fourth-order valence-corrected chi connectivity index (χ4v) is 1.55. The van der Waals surface area contributed by atoms with Crippen LogP contribution in [-0.4, -0.2) is 9.91 Å². The van der Waals surface area contributed by atoms with Crippen molar-refractivity contribution in [2.45, 2.75) is 6.92 Å². The first kappa shape index (κ1) is 11.2. The van der Waals surface area contributed by atoms with Gasteiger partial charge in [0.05, 0.1) is 4.92 Å². The molecule has 0 radical (unpaired) electrons. The predicted octanol–water partition coefficient (Wildman–Crippen LogP) is 3.10. The summed E-state index contributed by atoms with van der Waals surface area (Å²) < 4.78 is 13.1. The Morgan fingerprint density at radius 3 is 2.76 bits per heavy atom. The SMILES string of the molecule is Cc1cnc(-c2cccc(F)c2)c([N+](=O)[O-])c1. The summed E-state index contributed by atoms with van der Waals surface area (Å²) in [7, 11) is 0. The Balaban J connectivity index is 2.63. The molecule has 2 rings (SSSR count). The van der Waals surface area contributed by atoms with Crippen LogP contribution in [0, 0.1) is 22.9 Å². The van der Waals surface area contributed by atoms with Crippen molar-refractivity contribution in [3.05, 3.63) is 58.0 Å². The van der Waals surface area contributed by atoms with Gasteiger partial charge in [0.1, 0.15) is 11.5 Å². The number of aromatic nitrogens is 1. The van der Waals surface area contributed by atoms with Crippen LogP contribution in [0.25, 0.3) is 11.3 Å². The van der Waals surface area contributed by atoms with Crippen molar-refractivity contribution >= 4 is 5.69 Å². The molecule has 1 heterocycles. The van der Waals surface area contributed by atoms with E-state index >= 15 is 0 Å². The normalized spacial score (nSPS) is 10.2. The van der Waals surface area contributed by atoms with E-state index in [1.54, 1.807) is 13.0 Å². The van der Waals surface area contributed by atoms with Crippen LogP contribution >= 0.6 is 0 Å². The number of nitrogens with zero attached hydrogens (tertiary/aromatic N) is 2. The fraction of sp³-hybridized carbons (Fsp3) is 0.0833. The van der Waals surface area contributed by atoms with Gasteiger partial charge in [0.15, 0.2) is 0 Å². The maximum atomic E-state index is 13.1. The highest BCUT2D eigenvalue weighted by atomic mass is 19.1. The van der Waals surface area contributed by atoms with Gasteiger partial charge in [0.25, 0.3) is 5.69 Å². The average molecular weight is 232 g/mol. The molecule has 2 aromatic rings. The minimum absolute atomic E-state index is 0.115. The summed E-state index contributed by atoms with van der Waals surface area (Å²) in [5, 5.41) is 10.9. The molecule has 1 aromatic heterocycles. The lowest BCUT2D eigenvalue weighted by Crippen LogP contribution is -1.95. The van der Waals surface area contributed by atoms with Crippen LogP contribution < -0.4 is 0 Å². The van der Waals surface area contributed by atoms with Gasteiger partial charge in [-0.2, -0.15) is 0 Å². The second kappa shape index (κ2) is 4.29. The fourth-order valence-electron chi connectivity index (χ4n) is 1.55. The maximum absolute atomic E-state index is 13.1. The first-order valence-electron chi connectivity index (χ1n) is 4.95. The molecule has 0 aliphatic carbocycles. The second-order valence-electron chi connectivity index (χ2n) is 3.65. The molecule has 5 heteroatoms. The summed E-state index contributed by atoms with van der Waals surface area (Å²) in [6.07, 6.45) is 1.52. The largest absolute Gasteiger partial charge is 0.295 e. The quantitative estimate of drug-likeness (QED) is 0.590. The van der Waals surface area contributed by atoms with Crippen LogP contribution in [-0.2, 0) is 0 Å². The lowest BCUT2D eigenvalue weighted by atomic mass is 10.1. The first-order chi connectivity index (χ1) is 8.08. The summed E-state index contributed by atoms with van der Waals surface area (Å²) in [6, 6.07) is 7.02. The molecule has 0 unspecified atom stereocenters. The molecule has 0 N–H and O–H groups in total. The number of hydrogen-bond donors (Lipinski definition) is 0. The van der Waals surface area contributed by atoms with Crippen molar-refractivity contribution in [1.29, 1.82) is 0 Å². The standard InChI is InChI=1S/C12H9FN2O2/c1-8-5-11(15(16)17)12(14-7-8)9-3-2-4-10(13)6-9/h2-7H,1H3. The van der Waals surface area contributed by atoms with E-state index in [0.29, 0.717) is 11.1 Å². The van der Waals surface area contributed by atoms with E-state index in [2.05, 4.69) is 4.98 Å². The monoisotopic (exact) mass is 232 g/mol. The second-order valence-corrected chi connectivity index (χ2v) is 3.65. The molecule has 0 spiro atoms. The summed E-state index contributed by atoms with van der Waals surface area (Å²) >= 11 is 0. The molecule has 4 nitrogen and oxygen atoms in total. The number of halogens is 1. The zero-order valence-corrected chi connectivity index (χ0v) is 9.05. The number of benzene rings is 1. The van der Waals surface area contributed by atoms with Crippen molar-refractivity contribution in [3.8, 4) is 11.3 Å². The molecule has 0 saturated carbocycles. The highest BCUT2D eigenvalue weighted by Crippen LogP contribution is 2.28. The zero-order valence-electron chi connectivity index (χ0n) is 9.05. The molecule has 0 saturated heterocycles. The van der Waals surface area contributed by atoms with Gasteiger partial charge in [-0.1, -0.05) is 12.1 Å². The lowest BCUT2D eigenvalue weighted by Gasteiger charge is -2.03. The van der Waals surface area contributed by atoms with Gasteiger partial charge < -0.3 is 0 Å². The van der Waals surface area contributed by atoms with Gasteiger partial charge in [-0.3, -0.25) is 10.1 Å². The molecule has 0 aliphatic heterocycles. The van der Waals surface area contributed by atoms with Crippen LogP contribution in [0.2, 0.25) is 0 Å². The number of nitro groups is 1. The summed E-state index contributed by atoms with van der Waals surface area (Å²) in [5.41, 5.74) is 1.16.